The number of ether oxygens (including phenoxy) is 2. The van der Waals surface area contributed by atoms with Gasteiger partial charge in [0.2, 0.25) is 0 Å². The smallest absolute Gasteiger partial charge is 0.405 e. The van der Waals surface area contributed by atoms with Gasteiger partial charge in [0.05, 0.1) is 12.7 Å². The van der Waals surface area contributed by atoms with Gasteiger partial charge in [-0.1, -0.05) is 17.3 Å². The zero-order valence-electron chi connectivity index (χ0n) is 16.3. The minimum atomic E-state index is -4.78. The largest absolute Gasteiger partial charge is 0.573 e. The number of aromatic nitrogens is 1. The number of halogens is 3. The van der Waals surface area contributed by atoms with Gasteiger partial charge >= 0.3 is 6.36 Å². The maximum atomic E-state index is 12.9. The Balaban J connectivity index is 1.28. The van der Waals surface area contributed by atoms with Crippen molar-refractivity contribution in [2.75, 3.05) is 0 Å². The molecule has 5 unspecified atom stereocenters. The summed E-state index contributed by atoms with van der Waals surface area (Å²) in [6, 6.07) is 6.34. The fourth-order valence-electron chi connectivity index (χ4n) is 6.10. The Morgan fingerprint density at radius 1 is 1.17 bits per heavy atom. The van der Waals surface area contributed by atoms with Crippen LogP contribution in [0.4, 0.5) is 13.2 Å². The maximum Gasteiger partial charge on any atom is 0.573 e. The molecule has 8 heteroatoms. The summed E-state index contributed by atoms with van der Waals surface area (Å²) in [5.74, 6) is 1.84. The Morgan fingerprint density at radius 3 is 2.63 bits per heavy atom. The van der Waals surface area contributed by atoms with Gasteiger partial charge in [-0.25, -0.2) is 0 Å². The zero-order chi connectivity index (χ0) is 20.7. The molecule has 160 valence electrons. The number of rotatable bonds is 6. The molecule has 6 rings (SSSR count). The Labute approximate surface area is 171 Å². The predicted molar refractivity (Wildman–Crippen MR) is 100 cm³/mol. The second-order valence-electron chi connectivity index (χ2n) is 9.17. The van der Waals surface area contributed by atoms with E-state index in [1.807, 2.05) is 0 Å². The Hall–Kier alpha value is -2.06. The topological polar surface area (TPSA) is 70.5 Å². The van der Waals surface area contributed by atoms with E-state index in [9.17, 15) is 13.2 Å². The average Bonchev–Trinajstić information content (AvgIpc) is 3.39. The third kappa shape index (κ3) is 2.59. The third-order valence-electron chi connectivity index (χ3n) is 7.83. The van der Waals surface area contributed by atoms with Crippen LogP contribution < -0.4 is 10.5 Å². The number of para-hydroxylation sites is 1. The first-order valence-corrected chi connectivity index (χ1v) is 10.6. The highest BCUT2D eigenvalue weighted by molar-refractivity contribution is 5.70. The first kappa shape index (κ1) is 18.7. The minimum absolute atomic E-state index is 0.164. The Morgan fingerprint density at radius 2 is 1.97 bits per heavy atom. The van der Waals surface area contributed by atoms with E-state index >= 15 is 0 Å². The highest BCUT2D eigenvalue weighted by atomic mass is 19.4. The number of alkyl halides is 3. The molecule has 0 radical (unpaired) electrons. The fraction of sp³-hybridized carbons (Fsp3) is 0.591. The van der Waals surface area contributed by atoms with Crippen LogP contribution in [0.5, 0.6) is 5.75 Å². The average molecular weight is 420 g/mol. The molecule has 4 aliphatic carbocycles. The van der Waals surface area contributed by atoms with Crippen molar-refractivity contribution in [2.24, 2.45) is 23.0 Å². The second-order valence-corrected chi connectivity index (χ2v) is 9.17. The van der Waals surface area contributed by atoms with Crippen molar-refractivity contribution in [3.8, 4) is 17.0 Å². The molecule has 1 aromatic carbocycles. The second kappa shape index (κ2) is 6.23. The van der Waals surface area contributed by atoms with Crippen LogP contribution in [0.1, 0.15) is 49.3 Å². The minimum Gasteiger partial charge on any atom is -0.405 e. The first-order chi connectivity index (χ1) is 14.4. The summed E-state index contributed by atoms with van der Waals surface area (Å²) < 4.78 is 54.8. The number of hydrogen-bond acceptors (Lipinski definition) is 5. The SMILES string of the molecule is NC1C2CCC23C(OCc2c(-c4ccccc4OC(F)(F)F)noc2C2CC2)CC13. The van der Waals surface area contributed by atoms with Gasteiger partial charge in [-0.3, -0.25) is 0 Å². The van der Waals surface area contributed by atoms with Crippen molar-refractivity contribution in [1.82, 2.24) is 5.16 Å². The summed E-state index contributed by atoms with van der Waals surface area (Å²) in [6.45, 7) is 0.284. The molecule has 2 N–H and O–H groups in total. The van der Waals surface area contributed by atoms with E-state index in [0.717, 1.165) is 37.0 Å². The molecule has 30 heavy (non-hydrogen) atoms. The summed E-state index contributed by atoms with van der Waals surface area (Å²) in [5, 5.41) is 4.14. The lowest BCUT2D eigenvalue weighted by atomic mass is 9.30. The zero-order valence-corrected chi connectivity index (χ0v) is 16.3. The molecule has 0 bridgehead atoms. The van der Waals surface area contributed by atoms with Crippen molar-refractivity contribution in [3.05, 3.63) is 35.6 Å². The van der Waals surface area contributed by atoms with Crippen molar-refractivity contribution in [1.29, 1.82) is 0 Å². The summed E-state index contributed by atoms with van der Waals surface area (Å²) >= 11 is 0. The molecule has 4 fully saturated rings. The Bertz CT molecular complexity index is 978. The highest BCUT2D eigenvalue weighted by Gasteiger charge is 2.75. The number of nitrogens with zero attached hydrogens (tertiary/aromatic N) is 1. The van der Waals surface area contributed by atoms with Crippen molar-refractivity contribution >= 4 is 0 Å². The molecule has 1 spiro atoms. The van der Waals surface area contributed by atoms with Crippen LogP contribution in [0.3, 0.4) is 0 Å². The summed E-state index contributed by atoms with van der Waals surface area (Å²) in [4.78, 5) is 0. The van der Waals surface area contributed by atoms with Gasteiger partial charge in [0.25, 0.3) is 0 Å². The molecule has 0 aliphatic heterocycles. The maximum absolute atomic E-state index is 12.9. The van der Waals surface area contributed by atoms with Crippen LogP contribution in [0.15, 0.2) is 28.8 Å². The van der Waals surface area contributed by atoms with Gasteiger partial charge in [0.15, 0.2) is 0 Å². The van der Waals surface area contributed by atoms with E-state index in [0.29, 0.717) is 23.6 Å². The van der Waals surface area contributed by atoms with Crippen molar-refractivity contribution in [2.45, 2.75) is 63.1 Å². The summed E-state index contributed by atoms with van der Waals surface area (Å²) in [5.41, 5.74) is 7.88. The molecule has 4 aliphatic rings. The van der Waals surface area contributed by atoms with Crippen LogP contribution in [0, 0.1) is 17.3 Å². The first-order valence-electron chi connectivity index (χ1n) is 10.6. The van der Waals surface area contributed by atoms with Gasteiger partial charge in [0.1, 0.15) is 17.2 Å². The lowest BCUT2D eigenvalue weighted by Crippen LogP contribution is -2.80. The van der Waals surface area contributed by atoms with E-state index in [-0.39, 0.29) is 35.4 Å². The predicted octanol–water partition coefficient (Wildman–Crippen LogP) is 4.76. The molecule has 5 atom stereocenters. The van der Waals surface area contributed by atoms with Crippen LogP contribution in [-0.4, -0.2) is 23.7 Å². The molecule has 1 aromatic heterocycles. The highest BCUT2D eigenvalue weighted by Crippen LogP contribution is 2.74. The molecular weight excluding hydrogens is 397 g/mol. The monoisotopic (exact) mass is 420 g/mol. The Kier molecular flexibility index (Phi) is 3.88. The standard InChI is InChI=1S/C22H23F3N2O3/c23-22(24,25)29-16-4-2-1-3-12(16)19-13(20(30-27-19)11-5-6-11)10-28-17-9-15-18(26)14-7-8-21(14,15)17/h1-4,11,14-15,17-18H,5-10,26H2. The van der Waals surface area contributed by atoms with E-state index in [1.54, 1.807) is 12.1 Å². The van der Waals surface area contributed by atoms with E-state index in [4.69, 9.17) is 15.0 Å². The van der Waals surface area contributed by atoms with Crippen LogP contribution in [0.2, 0.25) is 0 Å². The summed E-state index contributed by atoms with van der Waals surface area (Å²) in [6.07, 6.45) is 0.671. The molecular formula is C22H23F3N2O3. The number of nitrogens with two attached hydrogens (primary N) is 1. The molecule has 5 nitrogen and oxygen atoms in total. The molecule has 4 saturated carbocycles. The molecule has 0 amide bonds. The summed E-state index contributed by atoms with van der Waals surface area (Å²) in [7, 11) is 0. The van der Waals surface area contributed by atoms with Crippen LogP contribution in [-0.2, 0) is 11.3 Å². The normalized spacial score (nSPS) is 34.3. The van der Waals surface area contributed by atoms with E-state index < -0.39 is 6.36 Å². The molecule has 0 saturated heterocycles. The third-order valence-corrected chi connectivity index (χ3v) is 7.83. The van der Waals surface area contributed by atoms with Crippen LogP contribution >= 0.6 is 0 Å². The quantitative estimate of drug-likeness (QED) is 0.730. The van der Waals surface area contributed by atoms with E-state index in [2.05, 4.69) is 9.89 Å². The van der Waals surface area contributed by atoms with Crippen LogP contribution in [0.25, 0.3) is 11.3 Å². The number of benzene rings is 1. The van der Waals surface area contributed by atoms with Gasteiger partial charge in [-0.05, 0) is 56.1 Å². The van der Waals surface area contributed by atoms with Gasteiger partial charge in [0, 0.05) is 28.5 Å². The fourth-order valence-corrected chi connectivity index (χ4v) is 6.10. The van der Waals surface area contributed by atoms with Crippen molar-refractivity contribution < 1.29 is 27.2 Å². The van der Waals surface area contributed by atoms with Gasteiger partial charge in [-0.2, -0.15) is 0 Å². The van der Waals surface area contributed by atoms with Gasteiger partial charge in [-0.15, -0.1) is 13.2 Å². The van der Waals surface area contributed by atoms with Crippen molar-refractivity contribution in [3.63, 3.8) is 0 Å². The lowest BCUT2D eigenvalue weighted by Gasteiger charge is -2.77. The molecule has 2 aromatic rings. The van der Waals surface area contributed by atoms with E-state index in [1.165, 1.54) is 18.6 Å². The van der Waals surface area contributed by atoms with Gasteiger partial charge < -0.3 is 19.7 Å². The number of hydrogen-bond donors (Lipinski definition) is 1. The lowest BCUT2D eigenvalue weighted by molar-refractivity contribution is -0.315. The molecule has 1 heterocycles.